The third kappa shape index (κ3) is 3.56. The molecule has 100 valence electrons. The smallest absolute Gasteiger partial charge is 0.123 e. The van der Waals surface area contributed by atoms with Crippen molar-refractivity contribution >= 4 is 27.5 Å². The van der Waals surface area contributed by atoms with Gasteiger partial charge in [-0.1, -0.05) is 39.7 Å². The Hall–Kier alpha value is -0.900. The Morgan fingerprint density at radius 3 is 2.68 bits per heavy atom. The van der Waals surface area contributed by atoms with E-state index < -0.39 is 5.54 Å². The van der Waals surface area contributed by atoms with Gasteiger partial charge in [-0.05, 0) is 54.8 Å². The van der Waals surface area contributed by atoms with E-state index in [0.29, 0.717) is 17.0 Å². The van der Waals surface area contributed by atoms with E-state index in [2.05, 4.69) is 15.9 Å². The molecule has 1 atom stereocenters. The van der Waals surface area contributed by atoms with Gasteiger partial charge in [0.1, 0.15) is 5.82 Å². The quantitative estimate of drug-likeness (QED) is 0.862. The standard InChI is InChI=1S/C15H14BrClFN/c1-15(19,11-3-2-4-12(16)8-11)9-10-7-13(18)5-6-14(10)17/h2-8H,9,19H2,1H3. The van der Waals surface area contributed by atoms with Gasteiger partial charge in [0.15, 0.2) is 0 Å². The molecule has 19 heavy (non-hydrogen) atoms. The van der Waals surface area contributed by atoms with Gasteiger partial charge in [-0.15, -0.1) is 0 Å². The van der Waals surface area contributed by atoms with Crippen molar-refractivity contribution in [3.05, 3.63) is 68.9 Å². The van der Waals surface area contributed by atoms with Crippen molar-refractivity contribution in [1.29, 1.82) is 0 Å². The zero-order valence-corrected chi connectivity index (χ0v) is 12.8. The lowest BCUT2D eigenvalue weighted by Crippen LogP contribution is -2.35. The monoisotopic (exact) mass is 341 g/mol. The molecule has 0 saturated heterocycles. The second-order valence-electron chi connectivity index (χ2n) is 4.84. The van der Waals surface area contributed by atoms with Crippen molar-refractivity contribution in [1.82, 2.24) is 0 Å². The summed E-state index contributed by atoms with van der Waals surface area (Å²) in [7, 11) is 0. The summed E-state index contributed by atoms with van der Waals surface area (Å²) in [4.78, 5) is 0. The van der Waals surface area contributed by atoms with Crippen LogP contribution < -0.4 is 5.73 Å². The molecule has 0 heterocycles. The normalized spacial score (nSPS) is 14.2. The van der Waals surface area contributed by atoms with E-state index in [0.717, 1.165) is 10.0 Å². The first-order chi connectivity index (χ1) is 8.88. The first-order valence-electron chi connectivity index (χ1n) is 5.87. The van der Waals surface area contributed by atoms with E-state index in [4.69, 9.17) is 17.3 Å². The van der Waals surface area contributed by atoms with Crippen LogP contribution in [0.1, 0.15) is 18.1 Å². The van der Waals surface area contributed by atoms with Gasteiger partial charge in [0.05, 0.1) is 0 Å². The fourth-order valence-corrected chi connectivity index (χ4v) is 2.60. The average molecular weight is 343 g/mol. The minimum atomic E-state index is -0.610. The van der Waals surface area contributed by atoms with Crippen LogP contribution in [0, 0.1) is 5.82 Å². The van der Waals surface area contributed by atoms with Crippen molar-refractivity contribution in [3.8, 4) is 0 Å². The van der Waals surface area contributed by atoms with Crippen LogP contribution in [0.3, 0.4) is 0 Å². The highest BCUT2D eigenvalue weighted by Crippen LogP contribution is 2.28. The Bertz CT molecular complexity index is 598. The minimum absolute atomic E-state index is 0.301. The largest absolute Gasteiger partial charge is 0.321 e. The third-order valence-corrected chi connectivity index (χ3v) is 3.91. The molecule has 0 aliphatic carbocycles. The van der Waals surface area contributed by atoms with Crippen LogP contribution in [0.2, 0.25) is 5.02 Å². The maximum atomic E-state index is 13.3. The van der Waals surface area contributed by atoms with E-state index in [1.807, 2.05) is 31.2 Å². The van der Waals surface area contributed by atoms with Gasteiger partial charge in [0.25, 0.3) is 0 Å². The van der Waals surface area contributed by atoms with Gasteiger partial charge in [0, 0.05) is 15.0 Å². The highest BCUT2D eigenvalue weighted by atomic mass is 79.9. The van der Waals surface area contributed by atoms with Crippen LogP contribution in [0.25, 0.3) is 0 Å². The van der Waals surface area contributed by atoms with E-state index >= 15 is 0 Å². The summed E-state index contributed by atoms with van der Waals surface area (Å²) in [5.74, 6) is -0.301. The molecule has 0 amide bonds. The van der Waals surface area contributed by atoms with Crippen LogP contribution in [-0.4, -0.2) is 0 Å². The number of benzene rings is 2. The maximum Gasteiger partial charge on any atom is 0.123 e. The van der Waals surface area contributed by atoms with E-state index in [9.17, 15) is 4.39 Å². The number of halogens is 3. The first-order valence-corrected chi connectivity index (χ1v) is 7.04. The number of hydrogen-bond donors (Lipinski definition) is 1. The molecule has 0 aliphatic rings. The van der Waals surface area contributed by atoms with Crippen molar-refractivity contribution in [2.75, 3.05) is 0 Å². The Morgan fingerprint density at radius 1 is 1.26 bits per heavy atom. The van der Waals surface area contributed by atoms with Crippen molar-refractivity contribution < 1.29 is 4.39 Å². The molecule has 0 fully saturated rings. The lowest BCUT2D eigenvalue weighted by Gasteiger charge is -2.26. The molecule has 1 nitrogen and oxygen atoms in total. The lowest BCUT2D eigenvalue weighted by atomic mass is 9.86. The van der Waals surface area contributed by atoms with Crippen LogP contribution in [0.4, 0.5) is 4.39 Å². The van der Waals surface area contributed by atoms with E-state index in [-0.39, 0.29) is 5.82 Å². The molecular weight excluding hydrogens is 329 g/mol. The molecule has 2 rings (SSSR count). The lowest BCUT2D eigenvalue weighted by molar-refractivity contribution is 0.489. The SMILES string of the molecule is CC(N)(Cc1cc(F)ccc1Cl)c1cccc(Br)c1. The molecule has 0 spiro atoms. The number of nitrogens with two attached hydrogens (primary N) is 1. The van der Waals surface area contributed by atoms with E-state index in [1.165, 1.54) is 12.1 Å². The topological polar surface area (TPSA) is 26.0 Å². The predicted octanol–water partition coefficient (Wildman–Crippen LogP) is 4.66. The summed E-state index contributed by atoms with van der Waals surface area (Å²) >= 11 is 9.51. The minimum Gasteiger partial charge on any atom is -0.321 e. The highest BCUT2D eigenvalue weighted by molar-refractivity contribution is 9.10. The molecular formula is C15H14BrClFN. The zero-order chi connectivity index (χ0) is 14.0. The summed E-state index contributed by atoms with van der Waals surface area (Å²) in [5.41, 5.74) is 7.43. The van der Waals surface area contributed by atoms with Crippen LogP contribution in [-0.2, 0) is 12.0 Å². The molecule has 2 N–H and O–H groups in total. The Kier molecular flexibility index (Phi) is 4.29. The van der Waals surface area contributed by atoms with Gasteiger partial charge < -0.3 is 5.73 Å². The zero-order valence-electron chi connectivity index (χ0n) is 10.5. The summed E-state index contributed by atoms with van der Waals surface area (Å²) in [6, 6.07) is 12.1. The molecule has 2 aromatic rings. The van der Waals surface area contributed by atoms with Gasteiger partial charge in [-0.3, -0.25) is 0 Å². The van der Waals surface area contributed by atoms with Crippen LogP contribution in [0.15, 0.2) is 46.9 Å². The average Bonchev–Trinajstić information content (AvgIpc) is 2.33. The van der Waals surface area contributed by atoms with Gasteiger partial charge in [0.2, 0.25) is 0 Å². The molecule has 2 aromatic carbocycles. The Balaban J connectivity index is 2.33. The molecule has 0 bridgehead atoms. The third-order valence-electron chi connectivity index (χ3n) is 3.05. The van der Waals surface area contributed by atoms with Gasteiger partial charge in [-0.25, -0.2) is 4.39 Å². The summed E-state index contributed by atoms with van der Waals surface area (Å²) in [6.07, 6.45) is 0.472. The second kappa shape index (κ2) is 5.61. The van der Waals surface area contributed by atoms with Gasteiger partial charge in [-0.2, -0.15) is 0 Å². The van der Waals surface area contributed by atoms with Gasteiger partial charge >= 0.3 is 0 Å². The summed E-state index contributed by atoms with van der Waals surface area (Å²) < 4.78 is 14.2. The maximum absolute atomic E-state index is 13.3. The first kappa shape index (κ1) is 14.5. The molecule has 1 unspecified atom stereocenters. The molecule has 0 aromatic heterocycles. The molecule has 0 radical (unpaired) electrons. The summed E-state index contributed by atoms with van der Waals surface area (Å²) in [6.45, 7) is 1.91. The van der Waals surface area contributed by atoms with Crippen LogP contribution >= 0.6 is 27.5 Å². The fourth-order valence-electron chi connectivity index (χ4n) is 2.02. The highest BCUT2D eigenvalue weighted by Gasteiger charge is 2.23. The van der Waals surface area contributed by atoms with E-state index in [1.54, 1.807) is 6.07 Å². The predicted molar refractivity (Wildman–Crippen MR) is 80.8 cm³/mol. The molecule has 4 heteroatoms. The fraction of sp³-hybridized carbons (Fsp3) is 0.200. The second-order valence-corrected chi connectivity index (χ2v) is 6.16. The Labute approximate surface area is 125 Å². The number of rotatable bonds is 3. The van der Waals surface area contributed by atoms with Crippen LogP contribution in [0.5, 0.6) is 0 Å². The number of hydrogen-bond acceptors (Lipinski definition) is 1. The molecule has 0 saturated carbocycles. The molecule has 0 aliphatic heterocycles. The van der Waals surface area contributed by atoms with Crippen molar-refractivity contribution in [2.24, 2.45) is 5.73 Å². The van der Waals surface area contributed by atoms with Crippen molar-refractivity contribution in [2.45, 2.75) is 18.9 Å². The summed E-state index contributed by atoms with van der Waals surface area (Å²) in [5, 5.41) is 0.535. The Morgan fingerprint density at radius 2 is 2.00 bits per heavy atom. The van der Waals surface area contributed by atoms with Crippen molar-refractivity contribution in [3.63, 3.8) is 0 Å².